The monoisotopic (exact) mass is 256 g/mol. The van der Waals surface area contributed by atoms with Crippen molar-refractivity contribution in [2.75, 3.05) is 26.7 Å². The van der Waals surface area contributed by atoms with E-state index in [1.807, 2.05) is 0 Å². The van der Waals surface area contributed by atoms with Crippen molar-refractivity contribution in [1.82, 2.24) is 10.2 Å². The normalized spacial score (nSPS) is 23.3. The van der Waals surface area contributed by atoms with Gasteiger partial charge in [-0.25, -0.2) is 0 Å². The fraction of sp³-hybridized carbons (Fsp3) is 1.00. The molecular formula is C15H32N2O. The minimum atomic E-state index is 0.204. The summed E-state index contributed by atoms with van der Waals surface area (Å²) in [7, 11) is 2.23. The molecule has 1 saturated heterocycles. The molecule has 1 aliphatic heterocycles. The summed E-state index contributed by atoms with van der Waals surface area (Å²) in [5.74, 6) is 0. The molecule has 0 aromatic carbocycles. The van der Waals surface area contributed by atoms with Crippen molar-refractivity contribution < 1.29 is 4.74 Å². The van der Waals surface area contributed by atoms with Crippen molar-refractivity contribution in [3.8, 4) is 0 Å². The Hall–Kier alpha value is -0.120. The van der Waals surface area contributed by atoms with E-state index in [9.17, 15) is 0 Å². The highest BCUT2D eigenvalue weighted by atomic mass is 16.5. The molecule has 0 aromatic heterocycles. The van der Waals surface area contributed by atoms with Crippen molar-refractivity contribution in [1.29, 1.82) is 0 Å². The largest absolute Gasteiger partial charge is 0.377 e. The topological polar surface area (TPSA) is 24.5 Å². The maximum atomic E-state index is 5.83. The maximum Gasteiger partial charge on any atom is 0.0702 e. The smallest absolute Gasteiger partial charge is 0.0702 e. The molecule has 1 fully saturated rings. The third-order valence-corrected chi connectivity index (χ3v) is 3.73. The lowest BCUT2D eigenvalue weighted by Crippen LogP contribution is -2.48. The molecule has 1 heterocycles. The molecule has 1 rings (SSSR count). The van der Waals surface area contributed by atoms with Crippen LogP contribution >= 0.6 is 0 Å². The van der Waals surface area contributed by atoms with E-state index < -0.39 is 0 Å². The summed E-state index contributed by atoms with van der Waals surface area (Å²) in [5, 5.41) is 3.61. The lowest BCUT2D eigenvalue weighted by Gasteiger charge is -2.34. The SMILES string of the molecule is CCC(CNC(C)(C)C)N(C)CC1CCCCO1. The van der Waals surface area contributed by atoms with E-state index in [2.05, 4.69) is 45.0 Å². The number of rotatable bonds is 6. The zero-order valence-electron chi connectivity index (χ0n) is 13.0. The second kappa shape index (κ2) is 7.46. The van der Waals surface area contributed by atoms with Gasteiger partial charge >= 0.3 is 0 Å². The molecule has 1 aliphatic rings. The summed E-state index contributed by atoms with van der Waals surface area (Å²) in [6.45, 7) is 12.0. The van der Waals surface area contributed by atoms with Crippen LogP contribution in [-0.2, 0) is 4.74 Å². The molecule has 1 N–H and O–H groups in total. The van der Waals surface area contributed by atoms with Gasteiger partial charge in [0.05, 0.1) is 6.10 Å². The third kappa shape index (κ3) is 6.17. The van der Waals surface area contributed by atoms with Crippen molar-refractivity contribution >= 4 is 0 Å². The van der Waals surface area contributed by atoms with Gasteiger partial charge in [-0.05, 0) is 53.5 Å². The fourth-order valence-electron chi connectivity index (χ4n) is 2.46. The van der Waals surface area contributed by atoms with Crippen LogP contribution in [0, 0.1) is 0 Å². The van der Waals surface area contributed by atoms with E-state index in [1.165, 1.54) is 25.7 Å². The molecule has 18 heavy (non-hydrogen) atoms. The Morgan fingerprint density at radius 2 is 2.06 bits per heavy atom. The fourth-order valence-corrected chi connectivity index (χ4v) is 2.46. The highest BCUT2D eigenvalue weighted by Gasteiger charge is 2.21. The maximum absolute atomic E-state index is 5.83. The Kier molecular flexibility index (Phi) is 6.61. The molecule has 0 saturated carbocycles. The van der Waals surface area contributed by atoms with Gasteiger partial charge < -0.3 is 10.1 Å². The van der Waals surface area contributed by atoms with Gasteiger partial charge in [0.15, 0.2) is 0 Å². The van der Waals surface area contributed by atoms with Crippen LogP contribution < -0.4 is 5.32 Å². The lowest BCUT2D eigenvalue weighted by atomic mass is 10.1. The number of ether oxygens (including phenoxy) is 1. The standard InChI is InChI=1S/C15H32N2O/c1-6-13(11-16-15(2,3)4)17(5)12-14-9-7-8-10-18-14/h13-14,16H,6-12H2,1-5H3. The Bertz CT molecular complexity index is 219. The first-order valence-corrected chi connectivity index (χ1v) is 7.49. The Labute approximate surface area is 113 Å². The molecule has 0 spiro atoms. The van der Waals surface area contributed by atoms with E-state index in [1.54, 1.807) is 0 Å². The van der Waals surface area contributed by atoms with Gasteiger partial charge in [-0.2, -0.15) is 0 Å². The quantitative estimate of drug-likeness (QED) is 0.791. The first kappa shape index (κ1) is 15.9. The van der Waals surface area contributed by atoms with Gasteiger partial charge in [-0.1, -0.05) is 6.92 Å². The minimum absolute atomic E-state index is 0.204. The second-order valence-corrected chi connectivity index (χ2v) is 6.62. The molecular weight excluding hydrogens is 224 g/mol. The Morgan fingerprint density at radius 3 is 2.56 bits per heavy atom. The van der Waals surface area contributed by atoms with Crippen molar-refractivity contribution in [3.63, 3.8) is 0 Å². The van der Waals surface area contributed by atoms with Crippen LogP contribution in [-0.4, -0.2) is 49.3 Å². The average molecular weight is 256 g/mol. The zero-order valence-corrected chi connectivity index (χ0v) is 13.0. The summed E-state index contributed by atoms with van der Waals surface area (Å²) in [4.78, 5) is 2.47. The summed E-state index contributed by atoms with van der Waals surface area (Å²) in [5.41, 5.74) is 0.204. The van der Waals surface area contributed by atoms with Crippen molar-refractivity contribution in [2.24, 2.45) is 0 Å². The number of hydrogen-bond donors (Lipinski definition) is 1. The Balaban J connectivity index is 2.33. The molecule has 0 radical (unpaired) electrons. The third-order valence-electron chi connectivity index (χ3n) is 3.73. The molecule has 2 atom stereocenters. The number of nitrogens with one attached hydrogen (secondary N) is 1. The van der Waals surface area contributed by atoms with E-state index >= 15 is 0 Å². The van der Waals surface area contributed by atoms with Crippen molar-refractivity contribution in [3.05, 3.63) is 0 Å². The lowest BCUT2D eigenvalue weighted by molar-refractivity contribution is -0.00868. The molecule has 2 unspecified atom stereocenters. The summed E-state index contributed by atoms with van der Waals surface area (Å²) in [6.07, 6.45) is 5.44. The van der Waals surface area contributed by atoms with Crippen LogP contribution in [0.2, 0.25) is 0 Å². The van der Waals surface area contributed by atoms with Crippen LogP contribution in [0.25, 0.3) is 0 Å². The summed E-state index contributed by atoms with van der Waals surface area (Å²) < 4.78 is 5.83. The van der Waals surface area contributed by atoms with Gasteiger partial charge in [-0.3, -0.25) is 4.90 Å². The van der Waals surface area contributed by atoms with Crippen LogP contribution in [0.4, 0.5) is 0 Å². The average Bonchev–Trinajstić information content (AvgIpc) is 2.29. The molecule has 0 bridgehead atoms. The second-order valence-electron chi connectivity index (χ2n) is 6.62. The summed E-state index contributed by atoms with van der Waals surface area (Å²) in [6, 6.07) is 0.606. The molecule has 0 aliphatic carbocycles. The summed E-state index contributed by atoms with van der Waals surface area (Å²) >= 11 is 0. The van der Waals surface area contributed by atoms with Gasteiger partial charge in [0.2, 0.25) is 0 Å². The van der Waals surface area contributed by atoms with Crippen LogP contribution in [0.15, 0.2) is 0 Å². The van der Waals surface area contributed by atoms with Crippen LogP contribution in [0.1, 0.15) is 53.4 Å². The molecule has 0 aromatic rings. The molecule has 108 valence electrons. The Morgan fingerprint density at radius 1 is 1.33 bits per heavy atom. The zero-order chi connectivity index (χ0) is 13.6. The molecule has 0 amide bonds. The van der Waals surface area contributed by atoms with E-state index in [4.69, 9.17) is 4.74 Å². The van der Waals surface area contributed by atoms with Gasteiger partial charge in [-0.15, -0.1) is 0 Å². The highest BCUT2D eigenvalue weighted by Crippen LogP contribution is 2.15. The van der Waals surface area contributed by atoms with Crippen LogP contribution in [0.3, 0.4) is 0 Å². The number of hydrogen-bond acceptors (Lipinski definition) is 3. The number of nitrogens with zero attached hydrogens (tertiary/aromatic N) is 1. The van der Waals surface area contributed by atoms with E-state index in [0.717, 1.165) is 19.7 Å². The molecule has 3 heteroatoms. The van der Waals surface area contributed by atoms with E-state index in [-0.39, 0.29) is 5.54 Å². The minimum Gasteiger partial charge on any atom is -0.377 e. The van der Waals surface area contributed by atoms with Crippen LogP contribution in [0.5, 0.6) is 0 Å². The number of likely N-dealkylation sites (N-methyl/N-ethyl adjacent to an activating group) is 1. The first-order valence-electron chi connectivity index (χ1n) is 7.49. The van der Waals surface area contributed by atoms with Gasteiger partial charge in [0.25, 0.3) is 0 Å². The molecule has 3 nitrogen and oxygen atoms in total. The van der Waals surface area contributed by atoms with Gasteiger partial charge in [0.1, 0.15) is 0 Å². The van der Waals surface area contributed by atoms with E-state index in [0.29, 0.717) is 12.1 Å². The van der Waals surface area contributed by atoms with Gasteiger partial charge in [0, 0.05) is 31.3 Å². The van der Waals surface area contributed by atoms with Crippen molar-refractivity contribution in [2.45, 2.75) is 71.1 Å². The first-order chi connectivity index (χ1) is 8.42. The highest BCUT2D eigenvalue weighted by molar-refractivity contribution is 4.79. The predicted molar refractivity (Wildman–Crippen MR) is 78.1 cm³/mol. The predicted octanol–water partition coefficient (Wildman–Crippen LogP) is 2.65.